The number of amides is 1. The van der Waals surface area contributed by atoms with Crippen molar-refractivity contribution >= 4 is 27.5 Å². The number of aryl methyl sites for hydroxylation is 1. The van der Waals surface area contributed by atoms with E-state index in [2.05, 4.69) is 5.32 Å². The van der Waals surface area contributed by atoms with E-state index < -0.39 is 0 Å². The molecule has 96 valence electrons. The maximum Gasteiger partial charge on any atom is 0.331 e. The largest absolute Gasteiger partial charge is 0.359 e. The van der Waals surface area contributed by atoms with Crippen molar-refractivity contribution in [3.8, 4) is 0 Å². The monoisotopic (exact) mass is 267 g/mol. The number of fused-ring (bicyclic) bond motifs is 1. The van der Waals surface area contributed by atoms with E-state index in [1.165, 1.54) is 23.0 Å². The van der Waals surface area contributed by atoms with E-state index in [1.807, 2.05) is 0 Å². The summed E-state index contributed by atoms with van der Waals surface area (Å²) in [5, 5.41) is 4.72. The van der Waals surface area contributed by atoms with Crippen molar-refractivity contribution in [3.05, 3.63) is 31.8 Å². The highest BCUT2D eigenvalue weighted by Crippen LogP contribution is 2.21. The van der Waals surface area contributed by atoms with Crippen LogP contribution in [0.2, 0.25) is 0 Å². The first-order valence-corrected chi connectivity index (χ1v) is 6.22. The third-order valence-corrected chi connectivity index (χ3v) is 3.98. The smallest absolute Gasteiger partial charge is 0.331 e. The number of carbonyl (C=O) groups excluding carboxylic acids is 1. The van der Waals surface area contributed by atoms with Crippen LogP contribution < -0.4 is 16.6 Å². The summed E-state index contributed by atoms with van der Waals surface area (Å²) in [6, 6.07) is 0. The summed E-state index contributed by atoms with van der Waals surface area (Å²) < 4.78 is 2.48. The third-order valence-electron chi connectivity index (χ3n) is 2.87. The van der Waals surface area contributed by atoms with Gasteiger partial charge in [-0.1, -0.05) is 0 Å². The Morgan fingerprint density at radius 1 is 1.33 bits per heavy atom. The Morgan fingerprint density at radius 3 is 2.61 bits per heavy atom. The first-order chi connectivity index (χ1) is 8.47. The Hall–Kier alpha value is -1.89. The minimum absolute atomic E-state index is 0.143. The van der Waals surface area contributed by atoms with Gasteiger partial charge in [-0.2, -0.15) is 0 Å². The molecule has 0 saturated carbocycles. The fourth-order valence-corrected chi connectivity index (χ4v) is 2.84. The topological polar surface area (TPSA) is 73.1 Å². The molecule has 2 rings (SSSR count). The molecule has 1 amide bonds. The van der Waals surface area contributed by atoms with E-state index in [9.17, 15) is 14.4 Å². The van der Waals surface area contributed by atoms with Gasteiger partial charge in [0.1, 0.15) is 4.83 Å². The number of rotatable bonds is 2. The lowest BCUT2D eigenvalue weighted by molar-refractivity contribution is -0.119. The van der Waals surface area contributed by atoms with Gasteiger partial charge in [-0.05, 0) is 10.9 Å². The lowest BCUT2D eigenvalue weighted by Gasteiger charge is -2.04. The van der Waals surface area contributed by atoms with Gasteiger partial charge in [0.25, 0.3) is 5.56 Å². The molecule has 0 fully saturated rings. The molecular weight excluding hydrogens is 254 g/mol. The predicted molar refractivity (Wildman–Crippen MR) is 70.1 cm³/mol. The average Bonchev–Trinajstić information content (AvgIpc) is 2.77. The molecule has 6 nitrogen and oxygen atoms in total. The summed E-state index contributed by atoms with van der Waals surface area (Å²) in [6.07, 6.45) is 0.143. The third kappa shape index (κ3) is 1.76. The number of hydrogen-bond acceptors (Lipinski definition) is 4. The van der Waals surface area contributed by atoms with E-state index in [0.717, 1.165) is 4.57 Å². The van der Waals surface area contributed by atoms with Crippen LogP contribution in [0.5, 0.6) is 0 Å². The summed E-state index contributed by atoms with van der Waals surface area (Å²) in [6.45, 7) is 0. The van der Waals surface area contributed by atoms with Gasteiger partial charge in [0.15, 0.2) is 0 Å². The van der Waals surface area contributed by atoms with Crippen molar-refractivity contribution in [1.82, 2.24) is 14.5 Å². The van der Waals surface area contributed by atoms with Gasteiger partial charge in [-0.3, -0.25) is 18.7 Å². The fraction of sp³-hybridized carbons (Fsp3) is 0.364. The molecular formula is C11H13N3O3S. The van der Waals surface area contributed by atoms with Crippen molar-refractivity contribution < 1.29 is 4.79 Å². The summed E-state index contributed by atoms with van der Waals surface area (Å²) >= 11 is 1.30. The van der Waals surface area contributed by atoms with Crippen molar-refractivity contribution in [1.29, 1.82) is 0 Å². The molecule has 0 aliphatic heterocycles. The number of nitrogens with one attached hydrogen (secondary N) is 1. The van der Waals surface area contributed by atoms with E-state index in [1.54, 1.807) is 19.5 Å². The second-order valence-electron chi connectivity index (χ2n) is 4.00. The molecule has 2 heterocycles. The minimum atomic E-state index is -0.360. The Balaban J connectivity index is 2.78. The number of thiophene rings is 1. The Morgan fingerprint density at radius 2 is 2.00 bits per heavy atom. The highest BCUT2D eigenvalue weighted by Gasteiger charge is 2.15. The number of hydrogen-bond donors (Lipinski definition) is 1. The van der Waals surface area contributed by atoms with Crippen molar-refractivity contribution in [3.63, 3.8) is 0 Å². The molecule has 0 bridgehead atoms. The standard InChI is InChI=1S/C11H13N3O3S/c1-12-7(15)4-6-5-18-10-8(6)9(16)13(2)11(17)14(10)3/h5H,4H2,1-3H3,(H,12,15). The van der Waals surface area contributed by atoms with Crippen LogP contribution in [0.25, 0.3) is 10.2 Å². The van der Waals surface area contributed by atoms with E-state index in [4.69, 9.17) is 0 Å². The van der Waals surface area contributed by atoms with Crippen LogP contribution in [0.15, 0.2) is 15.0 Å². The van der Waals surface area contributed by atoms with Crippen molar-refractivity contribution in [2.45, 2.75) is 6.42 Å². The first kappa shape index (κ1) is 12.6. The first-order valence-electron chi connectivity index (χ1n) is 5.34. The molecule has 0 aliphatic rings. The second-order valence-corrected chi connectivity index (χ2v) is 4.85. The van der Waals surface area contributed by atoms with Crippen LogP contribution in [-0.4, -0.2) is 22.1 Å². The SMILES string of the molecule is CNC(=O)Cc1csc2c1c(=O)n(C)c(=O)n2C. The van der Waals surface area contributed by atoms with Gasteiger partial charge >= 0.3 is 5.69 Å². The Labute approximate surface area is 106 Å². The van der Waals surface area contributed by atoms with Gasteiger partial charge in [0.2, 0.25) is 5.91 Å². The molecule has 2 aromatic heterocycles. The molecule has 0 atom stereocenters. The maximum atomic E-state index is 12.1. The summed E-state index contributed by atoms with van der Waals surface area (Å²) in [7, 11) is 4.60. The lowest BCUT2D eigenvalue weighted by atomic mass is 10.1. The minimum Gasteiger partial charge on any atom is -0.359 e. The Kier molecular flexibility index (Phi) is 3.08. The highest BCUT2D eigenvalue weighted by atomic mass is 32.1. The van der Waals surface area contributed by atoms with Gasteiger partial charge in [0.05, 0.1) is 11.8 Å². The van der Waals surface area contributed by atoms with Crippen LogP contribution in [0.3, 0.4) is 0 Å². The molecule has 0 aliphatic carbocycles. The number of likely N-dealkylation sites (N-methyl/N-ethyl adjacent to an activating group) is 1. The van der Waals surface area contributed by atoms with Gasteiger partial charge in [0, 0.05) is 21.1 Å². The van der Waals surface area contributed by atoms with Gasteiger partial charge in [-0.15, -0.1) is 11.3 Å². The summed E-state index contributed by atoms with van der Waals surface area (Å²) in [5.74, 6) is -0.161. The molecule has 0 radical (unpaired) electrons. The van der Waals surface area contributed by atoms with Crippen LogP contribution in [-0.2, 0) is 25.3 Å². The van der Waals surface area contributed by atoms with E-state index >= 15 is 0 Å². The fourth-order valence-electron chi connectivity index (χ4n) is 1.82. The number of nitrogens with zero attached hydrogens (tertiary/aromatic N) is 2. The summed E-state index contributed by atoms with van der Waals surface area (Å²) in [4.78, 5) is 35.8. The van der Waals surface area contributed by atoms with Crippen LogP contribution >= 0.6 is 11.3 Å². The lowest BCUT2D eigenvalue weighted by Crippen LogP contribution is -2.36. The molecule has 1 N–H and O–H groups in total. The zero-order valence-corrected chi connectivity index (χ0v) is 11.1. The number of aromatic nitrogens is 2. The molecule has 0 saturated heterocycles. The zero-order valence-electron chi connectivity index (χ0n) is 10.3. The van der Waals surface area contributed by atoms with Crippen molar-refractivity contribution in [2.24, 2.45) is 14.1 Å². The van der Waals surface area contributed by atoms with Crippen molar-refractivity contribution in [2.75, 3.05) is 7.05 Å². The van der Waals surface area contributed by atoms with Crippen LogP contribution in [0, 0.1) is 0 Å². The molecule has 0 spiro atoms. The van der Waals surface area contributed by atoms with E-state index in [-0.39, 0.29) is 23.6 Å². The molecule has 18 heavy (non-hydrogen) atoms. The van der Waals surface area contributed by atoms with E-state index in [0.29, 0.717) is 15.8 Å². The average molecular weight is 267 g/mol. The maximum absolute atomic E-state index is 12.1. The highest BCUT2D eigenvalue weighted by molar-refractivity contribution is 7.17. The molecule has 0 aromatic carbocycles. The predicted octanol–water partition coefficient (Wildman–Crippen LogP) is -0.413. The molecule has 7 heteroatoms. The van der Waals surface area contributed by atoms with Gasteiger partial charge in [-0.25, -0.2) is 4.79 Å². The Bertz CT molecular complexity index is 738. The van der Waals surface area contributed by atoms with Crippen LogP contribution in [0.1, 0.15) is 5.56 Å². The quantitative estimate of drug-likeness (QED) is 0.803. The second kappa shape index (κ2) is 4.41. The summed E-state index contributed by atoms with van der Waals surface area (Å²) in [5.41, 5.74) is -0.0559. The zero-order chi connectivity index (χ0) is 13.4. The van der Waals surface area contributed by atoms with Crippen LogP contribution in [0.4, 0.5) is 0 Å². The molecule has 2 aromatic rings. The molecule has 0 unspecified atom stereocenters. The number of carbonyl (C=O) groups is 1. The van der Waals surface area contributed by atoms with Gasteiger partial charge < -0.3 is 5.32 Å². The normalized spacial score (nSPS) is 10.8.